The second-order valence-corrected chi connectivity index (χ2v) is 9.15. The highest BCUT2D eigenvalue weighted by Gasteiger charge is 2.19. The lowest BCUT2D eigenvalue weighted by molar-refractivity contribution is -0.116. The van der Waals surface area contributed by atoms with Crippen molar-refractivity contribution in [1.82, 2.24) is 5.32 Å². The molecule has 0 fully saturated rings. The van der Waals surface area contributed by atoms with Crippen molar-refractivity contribution in [3.05, 3.63) is 64.9 Å². The molecule has 168 valence electrons. The zero-order valence-corrected chi connectivity index (χ0v) is 18.6. The van der Waals surface area contributed by atoms with E-state index in [4.69, 9.17) is 4.74 Å². The van der Waals surface area contributed by atoms with E-state index in [0.29, 0.717) is 10.6 Å². The number of thiophene rings is 1. The molecule has 9 nitrogen and oxygen atoms in total. The minimum Gasteiger partial charge on any atom is -0.506 e. The van der Waals surface area contributed by atoms with Crippen LogP contribution in [0.25, 0.3) is 0 Å². The Hall–Kier alpha value is -3.57. The van der Waals surface area contributed by atoms with Crippen LogP contribution >= 0.6 is 11.3 Å². The number of hydrogen-bond donors (Lipinski definition) is 4. The van der Waals surface area contributed by atoms with Gasteiger partial charge in [0, 0.05) is 13.0 Å². The molecule has 0 radical (unpaired) electrons. The van der Waals surface area contributed by atoms with Gasteiger partial charge in [0.05, 0.1) is 28.3 Å². The fourth-order valence-corrected chi connectivity index (χ4v) is 4.45. The summed E-state index contributed by atoms with van der Waals surface area (Å²) in [4.78, 5) is 24.5. The van der Waals surface area contributed by atoms with E-state index >= 15 is 0 Å². The van der Waals surface area contributed by atoms with Crippen molar-refractivity contribution in [1.29, 1.82) is 0 Å². The molecule has 2 amide bonds. The molecule has 0 spiro atoms. The van der Waals surface area contributed by atoms with E-state index in [2.05, 4.69) is 15.4 Å². The molecule has 0 aliphatic carbocycles. The number of nitrogens with one attached hydrogen (secondary N) is 3. The highest BCUT2D eigenvalue weighted by molar-refractivity contribution is 7.92. The number of phenolic OH excluding ortho intramolecular Hbond substituents is 1. The quantitative estimate of drug-likeness (QED) is 0.352. The molecule has 3 aromatic rings. The van der Waals surface area contributed by atoms with Crippen LogP contribution < -0.4 is 20.1 Å². The van der Waals surface area contributed by atoms with Gasteiger partial charge in [-0.2, -0.15) is 0 Å². The monoisotopic (exact) mass is 475 g/mol. The number of aromatic hydroxyl groups is 1. The maximum atomic E-state index is 12.8. The third kappa shape index (κ3) is 5.77. The molecule has 1 heterocycles. The van der Waals surface area contributed by atoms with E-state index in [1.54, 1.807) is 41.8 Å². The van der Waals surface area contributed by atoms with Crippen molar-refractivity contribution >= 4 is 44.5 Å². The highest BCUT2D eigenvalue weighted by atomic mass is 32.2. The van der Waals surface area contributed by atoms with E-state index in [0.717, 1.165) is 6.07 Å². The number of para-hydroxylation sites is 2. The summed E-state index contributed by atoms with van der Waals surface area (Å²) in [6.07, 6.45) is -0.0625. The zero-order chi connectivity index (χ0) is 23.1. The van der Waals surface area contributed by atoms with Crippen LogP contribution in [0, 0.1) is 0 Å². The van der Waals surface area contributed by atoms with Gasteiger partial charge in [-0.15, -0.1) is 11.3 Å². The molecule has 0 saturated heterocycles. The Labute approximate surface area is 189 Å². The third-order valence-corrected chi connectivity index (χ3v) is 6.52. The summed E-state index contributed by atoms with van der Waals surface area (Å²) < 4.78 is 33.1. The van der Waals surface area contributed by atoms with Gasteiger partial charge in [-0.3, -0.25) is 14.3 Å². The number of phenols is 1. The Morgan fingerprint density at radius 1 is 1.06 bits per heavy atom. The Balaban J connectivity index is 1.65. The van der Waals surface area contributed by atoms with Crippen molar-refractivity contribution in [2.45, 2.75) is 11.3 Å². The average molecular weight is 476 g/mol. The van der Waals surface area contributed by atoms with E-state index in [9.17, 15) is 23.1 Å². The maximum Gasteiger partial charge on any atom is 0.262 e. The lowest BCUT2D eigenvalue weighted by atomic mass is 10.2. The van der Waals surface area contributed by atoms with E-state index in [-0.39, 0.29) is 40.9 Å². The number of ether oxygens (including phenoxy) is 1. The van der Waals surface area contributed by atoms with Crippen LogP contribution in [0.5, 0.6) is 11.5 Å². The number of amides is 2. The van der Waals surface area contributed by atoms with Crippen LogP contribution in [0.4, 0.5) is 11.4 Å². The molecule has 11 heteroatoms. The lowest BCUT2D eigenvalue weighted by Gasteiger charge is -2.13. The van der Waals surface area contributed by atoms with Gasteiger partial charge < -0.3 is 20.5 Å². The number of hydrogen-bond acceptors (Lipinski definition) is 7. The number of methoxy groups -OCH3 is 1. The fraction of sp³-hybridized carbons (Fsp3) is 0.143. The third-order valence-electron chi connectivity index (χ3n) is 4.29. The molecule has 1 aromatic heterocycles. The van der Waals surface area contributed by atoms with Gasteiger partial charge in [-0.05, 0) is 41.8 Å². The summed E-state index contributed by atoms with van der Waals surface area (Å²) in [5.74, 6) is -0.740. The number of sulfonamides is 1. The van der Waals surface area contributed by atoms with Gasteiger partial charge in [-0.25, -0.2) is 8.42 Å². The van der Waals surface area contributed by atoms with Gasteiger partial charge in [0.2, 0.25) is 5.91 Å². The summed E-state index contributed by atoms with van der Waals surface area (Å²) in [6, 6.07) is 13.5. The van der Waals surface area contributed by atoms with Crippen molar-refractivity contribution in [2.24, 2.45) is 0 Å². The molecule has 0 aliphatic rings. The van der Waals surface area contributed by atoms with Gasteiger partial charge in [0.15, 0.2) is 0 Å². The molecular formula is C21H21N3O6S2. The molecular weight excluding hydrogens is 454 g/mol. The SMILES string of the molecule is COc1ccccc1NS(=O)(=O)c1ccc(O)c(NC(=O)CCNC(=O)c2cccs2)c1. The van der Waals surface area contributed by atoms with Crippen LogP contribution in [0.2, 0.25) is 0 Å². The van der Waals surface area contributed by atoms with Crippen LogP contribution in [-0.2, 0) is 14.8 Å². The molecule has 0 unspecified atom stereocenters. The first kappa shape index (κ1) is 23.1. The smallest absolute Gasteiger partial charge is 0.262 e. The molecule has 32 heavy (non-hydrogen) atoms. The molecule has 0 atom stereocenters. The first-order valence-electron chi connectivity index (χ1n) is 9.40. The normalized spacial score (nSPS) is 10.9. The van der Waals surface area contributed by atoms with Crippen molar-refractivity contribution in [3.63, 3.8) is 0 Å². The minimum atomic E-state index is -4.02. The molecule has 4 N–H and O–H groups in total. The summed E-state index contributed by atoms with van der Waals surface area (Å²) in [7, 11) is -2.60. The summed E-state index contributed by atoms with van der Waals surface area (Å²) in [6.45, 7) is 0.0800. The topological polar surface area (TPSA) is 134 Å². The van der Waals surface area contributed by atoms with Crippen LogP contribution in [0.1, 0.15) is 16.1 Å². The van der Waals surface area contributed by atoms with E-state index < -0.39 is 15.9 Å². The van der Waals surface area contributed by atoms with Gasteiger partial charge >= 0.3 is 0 Å². The number of benzene rings is 2. The maximum absolute atomic E-state index is 12.8. The Bertz CT molecular complexity index is 1210. The lowest BCUT2D eigenvalue weighted by Crippen LogP contribution is -2.27. The highest BCUT2D eigenvalue weighted by Crippen LogP contribution is 2.30. The minimum absolute atomic E-state index is 0.0625. The number of carbonyl (C=O) groups excluding carboxylic acids is 2. The Morgan fingerprint density at radius 2 is 1.84 bits per heavy atom. The second kappa shape index (κ2) is 10.2. The predicted octanol–water partition coefficient (Wildman–Crippen LogP) is 3.02. The number of rotatable bonds is 9. The van der Waals surface area contributed by atoms with E-state index in [1.165, 1.54) is 30.6 Å². The molecule has 0 aliphatic heterocycles. The second-order valence-electron chi connectivity index (χ2n) is 6.52. The van der Waals surface area contributed by atoms with Gasteiger partial charge in [0.25, 0.3) is 15.9 Å². The van der Waals surface area contributed by atoms with Crippen molar-refractivity contribution < 1.29 is 27.9 Å². The van der Waals surface area contributed by atoms with Crippen molar-refractivity contribution in [3.8, 4) is 11.5 Å². The number of anilines is 2. The standard InChI is InChI=1S/C21H21N3O6S2/c1-30-18-6-3-2-5-15(18)24-32(28,29)14-8-9-17(25)16(13-14)23-20(26)10-11-22-21(27)19-7-4-12-31-19/h2-9,12-13,24-25H,10-11H2,1H3,(H,22,27)(H,23,26). The number of carbonyl (C=O) groups is 2. The first-order chi connectivity index (χ1) is 15.3. The molecule has 2 aromatic carbocycles. The van der Waals surface area contributed by atoms with Crippen LogP contribution in [-0.4, -0.2) is 39.0 Å². The summed E-state index contributed by atoms with van der Waals surface area (Å²) in [5, 5.41) is 16.9. The predicted molar refractivity (Wildman–Crippen MR) is 122 cm³/mol. The molecule has 0 bridgehead atoms. The van der Waals surface area contributed by atoms with Crippen LogP contribution in [0.3, 0.4) is 0 Å². The Kier molecular flexibility index (Phi) is 7.33. The average Bonchev–Trinajstić information content (AvgIpc) is 3.30. The molecule has 3 rings (SSSR count). The zero-order valence-electron chi connectivity index (χ0n) is 17.0. The largest absolute Gasteiger partial charge is 0.506 e. The summed E-state index contributed by atoms with van der Waals surface area (Å²) in [5.41, 5.74) is 0.178. The van der Waals surface area contributed by atoms with Gasteiger partial charge in [-0.1, -0.05) is 18.2 Å². The fourth-order valence-electron chi connectivity index (χ4n) is 2.71. The van der Waals surface area contributed by atoms with Crippen molar-refractivity contribution in [2.75, 3.05) is 23.7 Å². The van der Waals surface area contributed by atoms with Gasteiger partial charge in [0.1, 0.15) is 11.5 Å². The Morgan fingerprint density at radius 3 is 2.56 bits per heavy atom. The van der Waals surface area contributed by atoms with Crippen LogP contribution in [0.15, 0.2) is 64.9 Å². The first-order valence-corrected chi connectivity index (χ1v) is 11.8. The molecule has 0 saturated carbocycles. The van der Waals surface area contributed by atoms with E-state index in [1.807, 2.05) is 0 Å². The summed E-state index contributed by atoms with van der Waals surface area (Å²) >= 11 is 1.28.